The van der Waals surface area contributed by atoms with Gasteiger partial charge < -0.3 is 9.47 Å². The summed E-state index contributed by atoms with van der Waals surface area (Å²) < 4.78 is 29.0. The van der Waals surface area contributed by atoms with Gasteiger partial charge in [-0.05, 0) is 12.5 Å². The number of imidazole rings is 1. The van der Waals surface area contributed by atoms with Crippen LogP contribution in [0, 0.1) is 11.6 Å². The van der Waals surface area contributed by atoms with Crippen LogP contribution in [0.1, 0.15) is 35.6 Å². The second-order valence-electron chi connectivity index (χ2n) is 6.28. The highest BCUT2D eigenvalue weighted by atomic mass is 19.1. The Kier molecular flexibility index (Phi) is 5.13. The van der Waals surface area contributed by atoms with Crippen molar-refractivity contribution in [3.8, 4) is 0 Å². The maximum Gasteiger partial charge on any atom is 0.289 e. The molecule has 5 nitrogen and oxygen atoms in total. The number of amides is 1. The Hall–Kier alpha value is -2.28. The highest BCUT2D eigenvalue weighted by Gasteiger charge is 2.29. The molecule has 7 heteroatoms. The number of aryl methyl sites for hydroxylation is 1. The van der Waals surface area contributed by atoms with Crippen molar-refractivity contribution in [2.75, 3.05) is 26.2 Å². The Labute approximate surface area is 145 Å². The molecule has 0 radical (unpaired) electrons. The van der Waals surface area contributed by atoms with Crippen molar-refractivity contribution < 1.29 is 13.6 Å². The molecule has 1 aliphatic rings. The minimum Gasteiger partial charge on any atom is -0.333 e. The molecule has 0 N–H and O–H groups in total. The molecule has 0 saturated carbocycles. The fourth-order valence-corrected chi connectivity index (χ4v) is 3.40. The molecule has 134 valence electrons. The lowest BCUT2D eigenvalue weighted by molar-refractivity contribution is 0.0544. The molecule has 1 aromatic heterocycles. The average Bonchev–Trinajstić information content (AvgIpc) is 3.03. The van der Waals surface area contributed by atoms with E-state index in [4.69, 9.17) is 0 Å². The molecule has 2 aromatic rings. The Morgan fingerprint density at radius 1 is 1.24 bits per heavy atom. The normalized spacial score (nSPS) is 16.9. The number of carbonyl (C=O) groups is 1. The molecule has 1 atom stereocenters. The third-order valence-corrected chi connectivity index (χ3v) is 4.76. The molecule has 1 saturated heterocycles. The van der Waals surface area contributed by atoms with Gasteiger partial charge >= 0.3 is 0 Å². The van der Waals surface area contributed by atoms with Crippen molar-refractivity contribution in [2.45, 2.75) is 19.4 Å². The minimum absolute atomic E-state index is 0.0897. The molecule has 1 unspecified atom stereocenters. The Morgan fingerprint density at radius 2 is 1.96 bits per heavy atom. The Balaban J connectivity index is 1.68. The summed E-state index contributed by atoms with van der Waals surface area (Å²) in [5.74, 6) is -0.752. The van der Waals surface area contributed by atoms with Crippen LogP contribution in [0.25, 0.3) is 0 Å². The zero-order valence-electron chi connectivity index (χ0n) is 14.5. The highest BCUT2D eigenvalue weighted by molar-refractivity contribution is 5.90. The fourth-order valence-electron chi connectivity index (χ4n) is 3.40. The SMILES string of the molecule is CCC(c1ccc(F)cc1F)N1CCN(C(=O)c2nccn2C)CC1. The van der Waals surface area contributed by atoms with Crippen LogP contribution in [-0.4, -0.2) is 51.4 Å². The number of nitrogens with zero attached hydrogens (tertiary/aromatic N) is 4. The highest BCUT2D eigenvalue weighted by Crippen LogP contribution is 2.28. The van der Waals surface area contributed by atoms with Crippen molar-refractivity contribution in [1.29, 1.82) is 0 Å². The van der Waals surface area contributed by atoms with Gasteiger partial charge in [0.25, 0.3) is 5.91 Å². The number of aromatic nitrogens is 2. The molecular formula is C18H22F2N4O. The number of halogens is 2. The molecule has 1 aliphatic heterocycles. The molecule has 2 heterocycles. The molecule has 0 bridgehead atoms. The van der Waals surface area contributed by atoms with Gasteiger partial charge in [0.15, 0.2) is 5.82 Å². The van der Waals surface area contributed by atoms with E-state index in [0.717, 1.165) is 12.5 Å². The summed E-state index contributed by atoms with van der Waals surface area (Å²) in [5.41, 5.74) is 0.507. The van der Waals surface area contributed by atoms with Gasteiger partial charge in [-0.15, -0.1) is 0 Å². The number of hydrogen-bond donors (Lipinski definition) is 0. The van der Waals surface area contributed by atoms with Gasteiger partial charge in [-0.25, -0.2) is 13.8 Å². The number of piperazine rings is 1. The van der Waals surface area contributed by atoms with E-state index in [0.29, 0.717) is 37.6 Å². The van der Waals surface area contributed by atoms with Crippen molar-refractivity contribution in [3.05, 3.63) is 53.6 Å². The van der Waals surface area contributed by atoms with Crippen LogP contribution in [0.3, 0.4) is 0 Å². The van der Waals surface area contributed by atoms with Gasteiger partial charge in [-0.2, -0.15) is 0 Å². The predicted molar refractivity (Wildman–Crippen MR) is 90.1 cm³/mol. The molecule has 1 amide bonds. The lowest BCUT2D eigenvalue weighted by Gasteiger charge is -2.39. The van der Waals surface area contributed by atoms with E-state index in [1.807, 2.05) is 6.92 Å². The second-order valence-corrected chi connectivity index (χ2v) is 6.28. The number of benzene rings is 1. The van der Waals surface area contributed by atoms with E-state index < -0.39 is 11.6 Å². The fraction of sp³-hybridized carbons (Fsp3) is 0.444. The molecular weight excluding hydrogens is 326 g/mol. The van der Waals surface area contributed by atoms with Crippen LogP contribution in [0.5, 0.6) is 0 Å². The third kappa shape index (κ3) is 3.56. The Morgan fingerprint density at radius 3 is 2.52 bits per heavy atom. The van der Waals surface area contributed by atoms with E-state index >= 15 is 0 Å². The van der Waals surface area contributed by atoms with E-state index in [9.17, 15) is 13.6 Å². The van der Waals surface area contributed by atoms with Gasteiger partial charge in [0.05, 0.1) is 0 Å². The van der Waals surface area contributed by atoms with E-state index in [1.165, 1.54) is 12.1 Å². The van der Waals surface area contributed by atoms with Crippen LogP contribution in [0.2, 0.25) is 0 Å². The van der Waals surface area contributed by atoms with Crippen LogP contribution in [0.15, 0.2) is 30.6 Å². The summed E-state index contributed by atoms with van der Waals surface area (Å²) in [6.07, 6.45) is 4.07. The largest absolute Gasteiger partial charge is 0.333 e. The molecule has 25 heavy (non-hydrogen) atoms. The van der Waals surface area contributed by atoms with Gasteiger partial charge in [0, 0.05) is 63.3 Å². The predicted octanol–water partition coefficient (Wildman–Crippen LogP) is 2.61. The molecule has 1 fully saturated rings. The van der Waals surface area contributed by atoms with Crippen molar-refractivity contribution in [3.63, 3.8) is 0 Å². The van der Waals surface area contributed by atoms with Gasteiger partial charge in [0.1, 0.15) is 11.6 Å². The lowest BCUT2D eigenvalue weighted by Crippen LogP contribution is -2.50. The first-order valence-electron chi connectivity index (χ1n) is 8.47. The zero-order chi connectivity index (χ0) is 18.0. The maximum atomic E-state index is 14.1. The topological polar surface area (TPSA) is 41.4 Å². The van der Waals surface area contributed by atoms with Gasteiger partial charge in [0.2, 0.25) is 0 Å². The molecule has 3 rings (SSSR count). The van der Waals surface area contributed by atoms with Crippen molar-refractivity contribution >= 4 is 5.91 Å². The van der Waals surface area contributed by atoms with Gasteiger partial charge in [-0.3, -0.25) is 9.69 Å². The van der Waals surface area contributed by atoms with Crippen molar-refractivity contribution in [2.24, 2.45) is 7.05 Å². The number of rotatable bonds is 4. The van der Waals surface area contributed by atoms with Gasteiger partial charge in [-0.1, -0.05) is 13.0 Å². The summed E-state index contributed by atoms with van der Waals surface area (Å²) in [4.78, 5) is 20.5. The number of hydrogen-bond acceptors (Lipinski definition) is 3. The number of carbonyl (C=O) groups excluding carboxylic acids is 1. The van der Waals surface area contributed by atoms with Crippen LogP contribution in [-0.2, 0) is 7.05 Å². The van der Waals surface area contributed by atoms with Crippen LogP contribution < -0.4 is 0 Å². The van der Waals surface area contributed by atoms with Crippen molar-refractivity contribution in [1.82, 2.24) is 19.4 Å². The first-order valence-corrected chi connectivity index (χ1v) is 8.47. The molecule has 0 aliphatic carbocycles. The summed E-state index contributed by atoms with van der Waals surface area (Å²) in [7, 11) is 1.79. The first kappa shape index (κ1) is 17.5. The second kappa shape index (κ2) is 7.31. The van der Waals surface area contributed by atoms with E-state index in [-0.39, 0.29) is 11.9 Å². The zero-order valence-corrected chi connectivity index (χ0v) is 14.5. The molecule has 1 aromatic carbocycles. The lowest BCUT2D eigenvalue weighted by atomic mass is 10.0. The van der Waals surface area contributed by atoms with E-state index in [1.54, 1.807) is 28.9 Å². The monoisotopic (exact) mass is 348 g/mol. The average molecular weight is 348 g/mol. The maximum absolute atomic E-state index is 14.1. The molecule has 0 spiro atoms. The van der Waals surface area contributed by atoms with E-state index in [2.05, 4.69) is 9.88 Å². The summed E-state index contributed by atoms with van der Waals surface area (Å²) in [6, 6.07) is 3.62. The summed E-state index contributed by atoms with van der Waals surface area (Å²) >= 11 is 0. The smallest absolute Gasteiger partial charge is 0.289 e. The minimum atomic E-state index is -0.568. The standard InChI is InChI=1S/C18H22F2N4O/c1-3-16(14-5-4-13(19)12-15(14)20)23-8-10-24(11-9-23)18(25)17-21-6-7-22(17)2/h4-7,12,16H,3,8-11H2,1-2H3. The summed E-state index contributed by atoms with van der Waals surface area (Å²) in [5, 5.41) is 0. The summed E-state index contributed by atoms with van der Waals surface area (Å²) in [6.45, 7) is 4.39. The van der Waals surface area contributed by atoms with Crippen LogP contribution in [0.4, 0.5) is 8.78 Å². The quantitative estimate of drug-likeness (QED) is 0.853. The third-order valence-electron chi connectivity index (χ3n) is 4.76. The van der Waals surface area contributed by atoms with Crippen LogP contribution >= 0.6 is 0 Å². The Bertz CT molecular complexity index is 753. The first-order chi connectivity index (χ1) is 12.0.